The summed E-state index contributed by atoms with van der Waals surface area (Å²) in [6.45, 7) is 10.0. The molecule has 1 saturated heterocycles. The summed E-state index contributed by atoms with van der Waals surface area (Å²) in [5.41, 5.74) is 5.00. The Morgan fingerprint density at radius 1 is 1.04 bits per heavy atom. The molecule has 1 aliphatic heterocycles. The molecule has 0 radical (unpaired) electrons. The average Bonchev–Trinajstić information content (AvgIpc) is 2.71. The lowest BCUT2D eigenvalue weighted by Crippen LogP contribution is -2.37. The van der Waals surface area contributed by atoms with Crippen LogP contribution in [0.15, 0.2) is 53.5 Å². The fourth-order valence-electron chi connectivity index (χ4n) is 3.15. The van der Waals surface area contributed by atoms with Crippen molar-refractivity contribution in [2.45, 2.75) is 26.9 Å². The smallest absolute Gasteiger partial charge is 0.191 e. The second kappa shape index (κ2) is 9.97. The maximum atomic E-state index is 5.42. The first-order valence-electron chi connectivity index (χ1n) is 9.74. The minimum Gasteiger partial charge on any atom is -0.378 e. The van der Waals surface area contributed by atoms with Crippen molar-refractivity contribution >= 4 is 11.6 Å². The van der Waals surface area contributed by atoms with Crippen molar-refractivity contribution < 1.29 is 4.74 Å². The average molecular weight is 367 g/mol. The standard InChI is InChI=1S/C22H30N4O/c1-3-23-22(25-17-20-6-4-5-18(2)15-20)24-16-19-7-9-21(10-8-19)26-11-13-27-14-12-26/h4-10,15H,3,11-14,16-17H2,1-2H3,(H2,23,24,25). The highest BCUT2D eigenvalue weighted by Crippen LogP contribution is 2.16. The van der Waals surface area contributed by atoms with E-state index >= 15 is 0 Å². The number of ether oxygens (including phenoxy) is 1. The topological polar surface area (TPSA) is 48.9 Å². The largest absolute Gasteiger partial charge is 0.378 e. The number of guanidine groups is 1. The first-order chi connectivity index (χ1) is 13.2. The maximum Gasteiger partial charge on any atom is 0.191 e. The first-order valence-corrected chi connectivity index (χ1v) is 9.74. The fraction of sp³-hybridized carbons (Fsp3) is 0.409. The summed E-state index contributed by atoms with van der Waals surface area (Å²) >= 11 is 0. The number of hydrogen-bond donors (Lipinski definition) is 2. The number of aliphatic imine (C=N–C) groups is 1. The van der Waals surface area contributed by atoms with E-state index in [1.165, 1.54) is 22.4 Å². The molecule has 0 aromatic heterocycles. The van der Waals surface area contributed by atoms with E-state index in [9.17, 15) is 0 Å². The van der Waals surface area contributed by atoms with Crippen molar-refractivity contribution in [3.05, 3.63) is 65.2 Å². The molecule has 2 aromatic carbocycles. The summed E-state index contributed by atoms with van der Waals surface area (Å²) in [4.78, 5) is 7.07. The highest BCUT2D eigenvalue weighted by Gasteiger charge is 2.10. The third kappa shape index (κ3) is 6.00. The van der Waals surface area contributed by atoms with Crippen molar-refractivity contribution in [2.75, 3.05) is 37.7 Å². The van der Waals surface area contributed by atoms with Gasteiger partial charge in [-0.05, 0) is 37.1 Å². The Balaban J connectivity index is 1.56. The Bertz CT molecular complexity index is 736. The second-order valence-corrected chi connectivity index (χ2v) is 6.80. The van der Waals surface area contributed by atoms with Crippen LogP contribution in [0.25, 0.3) is 0 Å². The fourth-order valence-corrected chi connectivity index (χ4v) is 3.15. The third-order valence-electron chi connectivity index (χ3n) is 4.62. The van der Waals surface area contributed by atoms with Crippen LogP contribution in [0.2, 0.25) is 0 Å². The number of hydrogen-bond acceptors (Lipinski definition) is 3. The first kappa shape index (κ1) is 19.2. The Hall–Kier alpha value is -2.53. The predicted molar refractivity (Wildman–Crippen MR) is 112 cm³/mol. The summed E-state index contributed by atoms with van der Waals surface area (Å²) in [5.74, 6) is 0.844. The molecule has 0 atom stereocenters. The van der Waals surface area contributed by atoms with E-state index < -0.39 is 0 Å². The molecule has 0 unspecified atom stereocenters. The van der Waals surface area contributed by atoms with Crippen LogP contribution >= 0.6 is 0 Å². The zero-order valence-corrected chi connectivity index (χ0v) is 16.4. The minimum atomic E-state index is 0.674. The molecule has 0 bridgehead atoms. The summed E-state index contributed by atoms with van der Waals surface area (Å²) in [7, 11) is 0. The van der Waals surface area contributed by atoms with Crippen molar-refractivity contribution in [3.8, 4) is 0 Å². The summed E-state index contributed by atoms with van der Waals surface area (Å²) in [6, 6.07) is 17.2. The summed E-state index contributed by atoms with van der Waals surface area (Å²) in [5, 5.41) is 6.74. The van der Waals surface area contributed by atoms with Gasteiger partial charge in [0.15, 0.2) is 5.96 Å². The molecule has 144 valence electrons. The lowest BCUT2D eigenvalue weighted by molar-refractivity contribution is 0.122. The number of nitrogens with zero attached hydrogens (tertiary/aromatic N) is 2. The van der Waals surface area contributed by atoms with Gasteiger partial charge in [0, 0.05) is 31.9 Å². The van der Waals surface area contributed by atoms with Gasteiger partial charge < -0.3 is 20.3 Å². The van der Waals surface area contributed by atoms with Crippen molar-refractivity contribution in [2.24, 2.45) is 4.99 Å². The lowest BCUT2D eigenvalue weighted by atomic mass is 10.1. The van der Waals surface area contributed by atoms with Gasteiger partial charge in [0.1, 0.15) is 0 Å². The quantitative estimate of drug-likeness (QED) is 0.609. The van der Waals surface area contributed by atoms with Gasteiger partial charge in [-0.15, -0.1) is 0 Å². The predicted octanol–water partition coefficient (Wildman–Crippen LogP) is 3.09. The van der Waals surface area contributed by atoms with Crippen LogP contribution in [-0.4, -0.2) is 38.8 Å². The molecule has 2 aromatic rings. The molecule has 0 aliphatic carbocycles. The van der Waals surface area contributed by atoms with Gasteiger partial charge in [0.2, 0.25) is 0 Å². The van der Waals surface area contributed by atoms with Gasteiger partial charge in [-0.3, -0.25) is 0 Å². The Labute approximate surface area is 162 Å². The van der Waals surface area contributed by atoms with E-state index in [2.05, 4.69) is 77.9 Å². The van der Waals surface area contributed by atoms with Crippen LogP contribution in [0.4, 0.5) is 5.69 Å². The number of morpholine rings is 1. The highest BCUT2D eigenvalue weighted by molar-refractivity contribution is 5.79. The molecular weight excluding hydrogens is 336 g/mol. The molecule has 0 spiro atoms. The van der Waals surface area contributed by atoms with Gasteiger partial charge >= 0.3 is 0 Å². The molecular formula is C22H30N4O. The number of nitrogens with one attached hydrogen (secondary N) is 2. The molecule has 0 saturated carbocycles. The van der Waals surface area contributed by atoms with E-state index in [-0.39, 0.29) is 0 Å². The molecule has 1 heterocycles. The van der Waals surface area contributed by atoms with E-state index in [0.717, 1.165) is 45.4 Å². The van der Waals surface area contributed by atoms with Crippen molar-refractivity contribution in [1.82, 2.24) is 10.6 Å². The Kier molecular flexibility index (Phi) is 7.11. The molecule has 5 nitrogen and oxygen atoms in total. The van der Waals surface area contributed by atoms with Gasteiger partial charge in [-0.25, -0.2) is 4.99 Å². The van der Waals surface area contributed by atoms with E-state index in [0.29, 0.717) is 6.54 Å². The van der Waals surface area contributed by atoms with Crippen LogP contribution in [0.5, 0.6) is 0 Å². The van der Waals surface area contributed by atoms with Crippen molar-refractivity contribution in [3.63, 3.8) is 0 Å². The third-order valence-corrected chi connectivity index (χ3v) is 4.62. The molecule has 1 aliphatic rings. The molecule has 27 heavy (non-hydrogen) atoms. The summed E-state index contributed by atoms with van der Waals surface area (Å²) < 4.78 is 5.42. The molecule has 0 amide bonds. The van der Waals surface area contributed by atoms with E-state index in [4.69, 9.17) is 9.73 Å². The highest BCUT2D eigenvalue weighted by atomic mass is 16.5. The number of benzene rings is 2. The second-order valence-electron chi connectivity index (χ2n) is 6.80. The number of rotatable bonds is 6. The van der Waals surface area contributed by atoms with Crippen LogP contribution in [-0.2, 0) is 17.8 Å². The lowest BCUT2D eigenvalue weighted by Gasteiger charge is -2.28. The molecule has 2 N–H and O–H groups in total. The monoisotopic (exact) mass is 366 g/mol. The molecule has 1 fully saturated rings. The van der Waals surface area contributed by atoms with Gasteiger partial charge in [-0.2, -0.15) is 0 Å². The zero-order chi connectivity index (χ0) is 18.9. The number of anilines is 1. The SMILES string of the molecule is CCNC(=NCc1cccc(C)c1)NCc1ccc(N2CCOCC2)cc1. The van der Waals surface area contributed by atoms with Gasteiger partial charge in [-0.1, -0.05) is 42.0 Å². The zero-order valence-electron chi connectivity index (χ0n) is 16.4. The molecule has 5 heteroatoms. The van der Waals surface area contributed by atoms with Crippen LogP contribution in [0, 0.1) is 6.92 Å². The van der Waals surface area contributed by atoms with Gasteiger partial charge in [0.25, 0.3) is 0 Å². The van der Waals surface area contributed by atoms with Gasteiger partial charge in [0.05, 0.1) is 19.8 Å². The van der Waals surface area contributed by atoms with E-state index in [1.54, 1.807) is 0 Å². The maximum absolute atomic E-state index is 5.42. The summed E-state index contributed by atoms with van der Waals surface area (Å²) in [6.07, 6.45) is 0. The molecule has 3 rings (SSSR count). The number of aryl methyl sites for hydroxylation is 1. The van der Waals surface area contributed by atoms with Crippen LogP contribution in [0.1, 0.15) is 23.6 Å². The normalized spacial score (nSPS) is 14.9. The van der Waals surface area contributed by atoms with Crippen LogP contribution < -0.4 is 15.5 Å². The van der Waals surface area contributed by atoms with E-state index in [1.807, 2.05) is 0 Å². The Morgan fingerprint density at radius 2 is 1.81 bits per heavy atom. The minimum absolute atomic E-state index is 0.674. The van der Waals surface area contributed by atoms with Crippen LogP contribution in [0.3, 0.4) is 0 Å². The Morgan fingerprint density at radius 3 is 2.52 bits per heavy atom. The van der Waals surface area contributed by atoms with Crippen molar-refractivity contribution in [1.29, 1.82) is 0 Å².